The first-order valence-electron chi connectivity index (χ1n) is 8.68. The third-order valence-corrected chi connectivity index (χ3v) is 6.09. The summed E-state index contributed by atoms with van der Waals surface area (Å²) in [5, 5.41) is 2.67. The van der Waals surface area contributed by atoms with Crippen molar-refractivity contribution in [3.63, 3.8) is 0 Å². The quantitative estimate of drug-likeness (QED) is 0.703. The van der Waals surface area contributed by atoms with Crippen molar-refractivity contribution in [1.82, 2.24) is 5.32 Å². The first-order chi connectivity index (χ1) is 12.8. The second-order valence-corrected chi connectivity index (χ2v) is 8.30. The average molecular weight is 391 g/mol. The largest absolute Gasteiger partial charge is 0.383 e. The number of hydrogen-bond donors (Lipinski definition) is 1. The molecule has 2 aromatic carbocycles. The van der Waals surface area contributed by atoms with Crippen molar-refractivity contribution in [2.45, 2.75) is 25.7 Å². The number of nitrogens with one attached hydrogen (secondary N) is 1. The average Bonchev–Trinajstić information content (AvgIpc) is 2.62. The molecule has 0 aromatic heterocycles. The van der Waals surface area contributed by atoms with E-state index in [0.29, 0.717) is 18.8 Å². The SMILES string of the molecule is COCCNC(=O)CN(c1ccc(C)c(C)c1)S(=O)(=O)c1ccc(C)cc1. The summed E-state index contributed by atoms with van der Waals surface area (Å²) in [7, 11) is -2.35. The minimum absolute atomic E-state index is 0.149. The maximum Gasteiger partial charge on any atom is 0.264 e. The number of ether oxygens (including phenoxy) is 1. The van der Waals surface area contributed by atoms with Gasteiger partial charge >= 0.3 is 0 Å². The molecule has 0 heterocycles. The van der Waals surface area contributed by atoms with Crippen LogP contribution < -0.4 is 9.62 Å². The summed E-state index contributed by atoms with van der Waals surface area (Å²) in [5.74, 6) is -0.388. The summed E-state index contributed by atoms with van der Waals surface area (Å²) in [4.78, 5) is 12.5. The van der Waals surface area contributed by atoms with Crippen molar-refractivity contribution in [1.29, 1.82) is 0 Å². The Morgan fingerprint density at radius 1 is 1.04 bits per heavy atom. The molecule has 1 amide bonds. The summed E-state index contributed by atoms with van der Waals surface area (Å²) in [6.07, 6.45) is 0. The van der Waals surface area contributed by atoms with E-state index < -0.39 is 10.0 Å². The van der Waals surface area contributed by atoms with E-state index in [1.54, 1.807) is 36.4 Å². The van der Waals surface area contributed by atoms with Gasteiger partial charge in [0.25, 0.3) is 10.0 Å². The maximum atomic E-state index is 13.2. The van der Waals surface area contributed by atoms with Gasteiger partial charge in [0, 0.05) is 13.7 Å². The molecule has 0 aliphatic rings. The second-order valence-electron chi connectivity index (χ2n) is 6.44. The Balaban J connectivity index is 2.40. The monoisotopic (exact) mass is 390 g/mol. The number of carbonyl (C=O) groups is 1. The highest BCUT2D eigenvalue weighted by atomic mass is 32.2. The normalized spacial score (nSPS) is 11.3. The van der Waals surface area contributed by atoms with Gasteiger partial charge < -0.3 is 10.1 Å². The van der Waals surface area contributed by atoms with E-state index in [1.807, 2.05) is 26.8 Å². The van der Waals surface area contributed by atoms with Gasteiger partial charge in [-0.15, -0.1) is 0 Å². The number of methoxy groups -OCH3 is 1. The van der Waals surface area contributed by atoms with Crippen LogP contribution in [-0.2, 0) is 19.6 Å². The minimum atomic E-state index is -3.88. The lowest BCUT2D eigenvalue weighted by Crippen LogP contribution is -2.41. The Hall–Kier alpha value is -2.38. The van der Waals surface area contributed by atoms with Crippen LogP contribution in [0.15, 0.2) is 47.4 Å². The first-order valence-corrected chi connectivity index (χ1v) is 10.1. The number of nitrogens with zero attached hydrogens (tertiary/aromatic N) is 1. The molecule has 2 rings (SSSR count). The van der Waals surface area contributed by atoms with Gasteiger partial charge in [-0.25, -0.2) is 8.42 Å². The molecule has 0 aliphatic heterocycles. The van der Waals surface area contributed by atoms with Gasteiger partial charge in [0.1, 0.15) is 6.54 Å². The first kappa shape index (κ1) is 20.9. The lowest BCUT2D eigenvalue weighted by molar-refractivity contribution is -0.119. The molecule has 1 N–H and O–H groups in total. The van der Waals surface area contributed by atoms with Crippen LogP contribution >= 0.6 is 0 Å². The zero-order valence-electron chi connectivity index (χ0n) is 16.2. The Labute approximate surface area is 161 Å². The predicted molar refractivity (Wildman–Crippen MR) is 107 cm³/mol. The highest BCUT2D eigenvalue weighted by molar-refractivity contribution is 7.92. The molecule has 0 fully saturated rings. The number of anilines is 1. The van der Waals surface area contributed by atoms with Crippen molar-refractivity contribution in [3.8, 4) is 0 Å². The fourth-order valence-electron chi connectivity index (χ4n) is 2.51. The smallest absolute Gasteiger partial charge is 0.264 e. The number of hydrogen-bond acceptors (Lipinski definition) is 4. The molecule has 0 saturated heterocycles. The molecule has 0 spiro atoms. The van der Waals surface area contributed by atoms with Gasteiger partial charge in [0.2, 0.25) is 5.91 Å². The Kier molecular flexibility index (Phi) is 6.98. The van der Waals surface area contributed by atoms with Crippen molar-refractivity contribution in [2.75, 3.05) is 31.1 Å². The van der Waals surface area contributed by atoms with Crippen molar-refractivity contribution >= 4 is 21.6 Å². The summed E-state index contributed by atoms with van der Waals surface area (Å²) in [5.41, 5.74) is 3.43. The Bertz CT molecular complexity index is 893. The van der Waals surface area contributed by atoms with Crippen LogP contribution in [0, 0.1) is 20.8 Å². The summed E-state index contributed by atoms with van der Waals surface area (Å²) < 4.78 is 32.5. The maximum absolute atomic E-state index is 13.2. The number of sulfonamides is 1. The molecule has 0 saturated carbocycles. The molecule has 0 bridgehead atoms. The van der Waals surface area contributed by atoms with E-state index in [1.165, 1.54) is 7.11 Å². The molecule has 27 heavy (non-hydrogen) atoms. The highest BCUT2D eigenvalue weighted by Gasteiger charge is 2.27. The van der Waals surface area contributed by atoms with Gasteiger partial charge in [0.15, 0.2) is 0 Å². The van der Waals surface area contributed by atoms with Gasteiger partial charge in [-0.1, -0.05) is 23.8 Å². The second kappa shape index (κ2) is 9.01. The molecule has 7 heteroatoms. The van der Waals surface area contributed by atoms with Crippen molar-refractivity contribution in [2.24, 2.45) is 0 Å². The summed E-state index contributed by atoms with van der Waals surface area (Å²) in [6, 6.07) is 11.9. The molecule has 0 aliphatic carbocycles. The molecule has 0 radical (unpaired) electrons. The van der Waals surface area contributed by atoms with Crippen LogP contribution in [0.4, 0.5) is 5.69 Å². The molecular weight excluding hydrogens is 364 g/mol. The van der Waals surface area contributed by atoms with Crippen LogP contribution in [0.25, 0.3) is 0 Å². The van der Waals surface area contributed by atoms with Crippen LogP contribution in [0.1, 0.15) is 16.7 Å². The summed E-state index contributed by atoms with van der Waals surface area (Å²) in [6.45, 7) is 6.13. The third kappa shape index (κ3) is 5.30. The van der Waals surface area contributed by atoms with Crippen molar-refractivity contribution in [3.05, 3.63) is 59.2 Å². The zero-order valence-corrected chi connectivity index (χ0v) is 17.0. The zero-order chi connectivity index (χ0) is 20.0. The minimum Gasteiger partial charge on any atom is -0.383 e. The third-order valence-electron chi connectivity index (χ3n) is 4.30. The van der Waals surface area contributed by atoms with E-state index in [2.05, 4.69) is 5.32 Å². The molecule has 0 unspecified atom stereocenters. The molecule has 0 atom stereocenters. The number of carbonyl (C=O) groups excluding carboxylic acids is 1. The van der Waals surface area contributed by atoms with E-state index in [0.717, 1.165) is 21.0 Å². The van der Waals surface area contributed by atoms with Crippen molar-refractivity contribution < 1.29 is 17.9 Å². The predicted octanol–water partition coefficient (Wildman–Crippen LogP) is 2.57. The van der Waals surface area contributed by atoms with Crippen LogP contribution in [-0.4, -0.2) is 41.1 Å². The standard InChI is InChI=1S/C20H26N2O4S/c1-15-5-9-19(10-6-15)27(24,25)22(14-20(23)21-11-12-26-4)18-8-7-16(2)17(3)13-18/h5-10,13H,11-12,14H2,1-4H3,(H,21,23). The van der Waals surface area contributed by atoms with Crippen LogP contribution in [0.3, 0.4) is 0 Å². The van der Waals surface area contributed by atoms with Gasteiger partial charge in [0.05, 0.1) is 17.2 Å². The molecule has 146 valence electrons. The van der Waals surface area contributed by atoms with E-state index in [9.17, 15) is 13.2 Å². The fraction of sp³-hybridized carbons (Fsp3) is 0.350. The summed E-state index contributed by atoms with van der Waals surface area (Å²) >= 11 is 0. The van der Waals surface area contributed by atoms with E-state index in [-0.39, 0.29) is 17.3 Å². The fourth-order valence-corrected chi connectivity index (χ4v) is 3.92. The molecule has 2 aromatic rings. The highest BCUT2D eigenvalue weighted by Crippen LogP contribution is 2.25. The number of amides is 1. The number of benzene rings is 2. The topological polar surface area (TPSA) is 75.7 Å². The van der Waals surface area contributed by atoms with Gasteiger partial charge in [-0.05, 0) is 56.2 Å². The Morgan fingerprint density at radius 2 is 1.70 bits per heavy atom. The van der Waals surface area contributed by atoms with Gasteiger partial charge in [-0.2, -0.15) is 0 Å². The van der Waals surface area contributed by atoms with Crippen LogP contribution in [0.5, 0.6) is 0 Å². The number of aryl methyl sites for hydroxylation is 3. The van der Waals surface area contributed by atoms with E-state index >= 15 is 0 Å². The van der Waals surface area contributed by atoms with E-state index in [4.69, 9.17) is 4.74 Å². The molecule has 6 nitrogen and oxygen atoms in total. The lowest BCUT2D eigenvalue weighted by atomic mass is 10.1. The lowest BCUT2D eigenvalue weighted by Gasteiger charge is -2.25. The van der Waals surface area contributed by atoms with Crippen LogP contribution in [0.2, 0.25) is 0 Å². The van der Waals surface area contributed by atoms with Gasteiger partial charge in [-0.3, -0.25) is 9.10 Å². The molecular formula is C20H26N2O4S. The number of rotatable bonds is 8. The Morgan fingerprint density at radius 3 is 2.30 bits per heavy atom.